The third-order valence-corrected chi connectivity index (χ3v) is 8.05. The van der Waals surface area contributed by atoms with E-state index < -0.39 is 7.14 Å². The molecule has 0 aliphatic rings. The van der Waals surface area contributed by atoms with Gasteiger partial charge in [-0.25, -0.2) is 0 Å². The second kappa shape index (κ2) is 9.02. The number of benzene rings is 3. The highest BCUT2D eigenvalue weighted by atomic mass is 31.2. The molecule has 0 radical (unpaired) electrons. The van der Waals surface area contributed by atoms with Crippen LogP contribution in [0.25, 0.3) is 5.31 Å². The molecule has 0 heterocycles. The monoisotopic (exact) mass is 374 g/mol. The van der Waals surface area contributed by atoms with Crippen LogP contribution in [0.2, 0.25) is 0 Å². The van der Waals surface area contributed by atoms with Crippen LogP contribution < -0.4 is 10.6 Å². The summed E-state index contributed by atoms with van der Waals surface area (Å²) in [6.07, 6.45) is 4.79. The first kappa shape index (κ1) is 19.4. The van der Waals surface area contributed by atoms with Crippen LogP contribution in [0.4, 0.5) is 0 Å². The average molecular weight is 374 g/mol. The maximum absolute atomic E-state index is 14.3. The molecule has 0 aliphatic carbocycles. The fourth-order valence-corrected chi connectivity index (χ4v) is 5.98. The summed E-state index contributed by atoms with van der Waals surface area (Å²) in [5.41, 5.74) is 2.28. The minimum absolute atomic E-state index is 0.694. The van der Waals surface area contributed by atoms with E-state index in [-0.39, 0.29) is 0 Å². The predicted molar refractivity (Wildman–Crippen MR) is 118 cm³/mol. The van der Waals surface area contributed by atoms with Gasteiger partial charge in [-0.15, -0.1) is 0 Å². The summed E-state index contributed by atoms with van der Waals surface area (Å²) in [6.45, 7) is 6.51. The molecule has 3 aromatic carbocycles. The summed E-state index contributed by atoms with van der Waals surface area (Å²) in [4.78, 5) is 0. The van der Waals surface area contributed by atoms with Gasteiger partial charge in [0.2, 0.25) is 0 Å². The Morgan fingerprint density at radius 2 is 1.30 bits per heavy atom. The first-order chi connectivity index (χ1) is 13.2. The van der Waals surface area contributed by atoms with Crippen molar-refractivity contribution in [3.05, 3.63) is 103 Å². The van der Waals surface area contributed by atoms with Crippen LogP contribution >= 0.6 is 7.14 Å². The van der Waals surface area contributed by atoms with Crippen molar-refractivity contribution >= 4 is 23.1 Å². The van der Waals surface area contributed by atoms with Crippen LogP contribution in [0.3, 0.4) is 0 Å². The first-order valence-electron chi connectivity index (χ1n) is 9.66. The summed E-state index contributed by atoms with van der Waals surface area (Å²) in [5.74, 6) is 0. The maximum Gasteiger partial charge on any atom is 0.171 e. The van der Waals surface area contributed by atoms with Crippen LogP contribution in [0.1, 0.15) is 37.3 Å². The van der Waals surface area contributed by atoms with E-state index in [1.807, 2.05) is 60.7 Å². The molecule has 0 atom stereocenters. The molecule has 0 saturated carbocycles. The topological polar surface area (TPSA) is 17.1 Å². The fourth-order valence-electron chi connectivity index (χ4n) is 3.36. The van der Waals surface area contributed by atoms with Crippen molar-refractivity contribution in [3.63, 3.8) is 0 Å². The molecule has 27 heavy (non-hydrogen) atoms. The molecule has 0 aromatic heterocycles. The van der Waals surface area contributed by atoms with E-state index in [1.54, 1.807) is 0 Å². The van der Waals surface area contributed by atoms with Gasteiger partial charge in [0.05, 0.1) is 0 Å². The normalized spacial score (nSPS) is 11.3. The molecule has 0 spiro atoms. The van der Waals surface area contributed by atoms with Crippen molar-refractivity contribution in [2.24, 2.45) is 0 Å². The lowest BCUT2D eigenvalue weighted by molar-refractivity contribution is 0.593. The molecule has 0 aliphatic heterocycles. The molecule has 2 heteroatoms. The number of hydrogen-bond acceptors (Lipinski definition) is 1. The Morgan fingerprint density at radius 3 is 1.78 bits per heavy atom. The summed E-state index contributed by atoms with van der Waals surface area (Å²) in [7, 11) is -2.97. The Morgan fingerprint density at radius 1 is 0.778 bits per heavy atom. The maximum atomic E-state index is 14.3. The summed E-state index contributed by atoms with van der Waals surface area (Å²) >= 11 is 0. The van der Waals surface area contributed by atoms with Gasteiger partial charge < -0.3 is 4.57 Å². The Bertz CT molecular complexity index is 868. The predicted octanol–water partition coefficient (Wildman–Crippen LogP) is 6.40. The molecule has 1 nitrogen and oxygen atoms in total. The molecule has 0 saturated heterocycles. The van der Waals surface area contributed by atoms with Crippen LogP contribution in [0, 0.1) is 0 Å². The van der Waals surface area contributed by atoms with Crippen molar-refractivity contribution in [1.82, 2.24) is 0 Å². The number of rotatable bonds is 8. The quantitative estimate of drug-likeness (QED) is 0.329. The van der Waals surface area contributed by atoms with Gasteiger partial charge in [-0.3, -0.25) is 0 Å². The van der Waals surface area contributed by atoms with Gasteiger partial charge in [0.25, 0.3) is 0 Å². The van der Waals surface area contributed by atoms with Crippen LogP contribution in [0.5, 0.6) is 0 Å². The summed E-state index contributed by atoms with van der Waals surface area (Å²) < 4.78 is 14.3. The first-order valence-corrected chi connectivity index (χ1v) is 11.4. The second-order valence-electron chi connectivity index (χ2n) is 6.88. The van der Waals surface area contributed by atoms with Crippen LogP contribution in [0.15, 0.2) is 91.5 Å². The molecule has 3 aromatic rings. The standard InChI is InChI=1S/C25H27OP/c1-3-4-7-12-22-17-19-23(20-18-22)21(2)27(26,24-13-8-5-9-14-24)25-15-10-6-11-16-25/h5-6,8-11,13-20H,2-4,7,12H2,1H3. The van der Waals surface area contributed by atoms with Crippen molar-refractivity contribution in [1.29, 1.82) is 0 Å². The molecule has 138 valence electrons. The number of hydrogen-bond donors (Lipinski definition) is 0. The van der Waals surface area contributed by atoms with Crippen molar-refractivity contribution < 1.29 is 4.57 Å². The molecule has 0 unspecified atom stereocenters. The van der Waals surface area contributed by atoms with Gasteiger partial charge in [-0.1, -0.05) is 111 Å². The smallest absolute Gasteiger partial charge is 0.171 e. The Labute approximate surface area is 163 Å². The lowest BCUT2D eigenvalue weighted by Gasteiger charge is -2.22. The van der Waals surface area contributed by atoms with Gasteiger partial charge in [0, 0.05) is 15.9 Å². The third kappa shape index (κ3) is 4.31. The zero-order valence-corrected chi connectivity index (χ0v) is 16.9. The largest absolute Gasteiger partial charge is 0.309 e. The van der Waals surface area contributed by atoms with E-state index in [0.29, 0.717) is 5.31 Å². The highest BCUT2D eigenvalue weighted by molar-refractivity contribution is 7.87. The van der Waals surface area contributed by atoms with E-state index in [1.165, 1.54) is 24.8 Å². The molecule has 0 amide bonds. The third-order valence-electron chi connectivity index (χ3n) is 4.98. The van der Waals surface area contributed by atoms with Gasteiger partial charge >= 0.3 is 0 Å². The van der Waals surface area contributed by atoms with E-state index in [9.17, 15) is 4.57 Å². The molecule has 0 N–H and O–H groups in total. The summed E-state index contributed by atoms with van der Waals surface area (Å²) in [5, 5.41) is 2.35. The van der Waals surface area contributed by atoms with Crippen LogP contribution in [-0.4, -0.2) is 0 Å². The Kier molecular flexibility index (Phi) is 6.48. The van der Waals surface area contributed by atoms with Gasteiger partial charge in [0.1, 0.15) is 0 Å². The van der Waals surface area contributed by atoms with E-state index in [2.05, 4.69) is 37.8 Å². The zero-order chi connectivity index (χ0) is 19.1. The Hall–Kier alpha value is -2.37. The Balaban J connectivity index is 1.96. The second-order valence-corrected chi connectivity index (χ2v) is 9.67. The molecule has 0 fully saturated rings. The molecular weight excluding hydrogens is 347 g/mol. The zero-order valence-electron chi connectivity index (χ0n) is 16.0. The fraction of sp³-hybridized carbons (Fsp3) is 0.200. The molecule has 3 rings (SSSR count). The lowest BCUT2D eigenvalue weighted by Crippen LogP contribution is -2.16. The SMILES string of the molecule is C=C(c1ccc(CCCCC)cc1)P(=O)(c1ccccc1)c1ccccc1. The van der Waals surface area contributed by atoms with Crippen molar-refractivity contribution in [2.75, 3.05) is 0 Å². The van der Waals surface area contributed by atoms with E-state index in [0.717, 1.165) is 22.6 Å². The minimum atomic E-state index is -2.97. The average Bonchev–Trinajstić information content (AvgIpc) is 2.74. The van der Waals surface area contributed by atoms with Crippen LogP contribution in [-0.2, 0) is 11.0 Å². The molecule has 0 bridgehead atoms. The number of unbranched alkanes of at least 4 members (excludes halogenated alkanes) is 2. The molecular formula is C25H27OP. The van der Waals surface area contributed by atoms with E-state index in [4.69, 9.17) is 0 Å². The van der Waals surface area contributed by atoms with Gasteiger partial charge in [0.15, 0.2) is 7.14 Å². The minimum Gasteiger partial charge on any atom is -0.309 e. The van der Waals surface area contributed by atoms with Gasteiger partial charge in [-0.2, -0.15) is 0 Å². The van der Waals surface area contributed by atoms with Gasteiger partial charge in [-0.05, 0) is 24.0 Å². The van der Waals surface area contributed by atoms with Crippen molar-refractivity contribution in [3.8, 4) is 0 Å². The van der Waals surface area contributed by atoms with Crippen molar-refractivity contribution in [2.45, 2.75) is 32.6 Å². The number of aryl methyl sites for hydroxylation is 1. The highest BCUT2D eigenvalue weighted by Crippen LogP contribution is 2.55. The lowest BCUT2D eigenvalue weighted by atomic mass is 10.1. The van der Waals surface area contributed by atoms with E-state index >= 15 is 0 Å². The summed E-state index contributed by atoms with van der Waals surface area (Å²) in [6, 6.07) is 27.9. The highest BCUT2D eigenvalue weighted by Gasteiger charge is 2.31.